The van der Waals surface area contributed by atoms with E-state index in [4.69, 9.17) is 0 Å². The van der Waals surface area contributed by atoms with E-state index in [1.807, 2.05) is 7.05 Å². The zero-order valence-electron chi connectivity index (χ0n) is 10.8. The number of nitrogens with zero attached hydrogens (tertiary/aromatic N) is 1. The first-order valence-electron chi connectivity index (χ1n) is 6.13. The highest BCUT2D eigenvalue weighted by molar-refractivity contribution is 5.85. The fraction of sp³-hybridized carbons (Fsp3) is 0.538. The third-order valence-electron chi connectivity index (χ3n) is 3.45. The van der Waals surface area contributed by atoms with Crippen LogP contribution in [0.15, 0.2) is 12.1 Å². The zero-order valence-corrected chi connectivity index (χ0v) is 11.6. The van der Waals surface area contributed by atoms with Crippen molar-refractivity contribution < 1.29 is 13.2 Å². The molecule has 1 aliphatic heterocycles. The molecule has 0 aromatic heterocycles. The second kappa shape index (κ2) is 7.12. The quantitative estimate of drug-likeness (QED) is 0.863. The van der Waals surface area contributed by atoms with Gasteiger partial charge in [-0.1, -0.05) is 0 Å². The molecule has 0 spiro atoms. The van der Waals surface area contributed by atoms with E-state index < -0.39 is 17.5 Å². The lowest BCUT2D eigenvalue weighted by molar-refractivity contribution is 0.194. The molecule has 1 aromatic carbocycles. The van der Waals surface area contributed by atoms with Crippen LogP contribution in [0.4, 0.5) is 13.2 Å². The number of hydrogen-bond acceptors (Lipinski definition) is 2. The van der Waals surface area contributed by atoms with Gasteiger partial charge in [-0.15, -0.1) is 12.4 Å². The Kier molecular flexibility index (Phi) is 6.10. The Labute approximate surface area is 117 Å². The molecular formula is C13H18ClF3N2. The third kappa shape index (κ3) is 4.09. The van der Waals surface area contributed by atoms with E-state index in [1.165, 1.54) is 0 Å². The highest BCUT2D eigenvalue weighted by atomic mass is 35.5. The molecule has 1 aromatic rings. The van der Waals surface area contributed by atoms with Crippen molar-refractivity contribution in [1.29, 1.82) is 0 Å². The summed E-state index contributed by atoms with van der Waals surface area (Å²) in [6.07, 6.45) is 2.03. The maximum absolute atomic E-state index is 13.1. The van der Waals surface area contributed by atoms with Crippen molar-refractivity contribution in [1.82, 2.24) is 10.2 Å². The standard InChI is InChI=1S/C13H17F3N2.ClH/c1-17-10-2-4-18(5-3-10)8-9-6-11(14)13(16)12(15)7-9;/h6-7,10,17H,2-5,8H2,1H3;1H. The minimum Gasteiger partial charge on any atom is -0.317 e. The van der Waals surface area contributed by atoms with Crippen LogP contribution in [0, 0.1) is 17.5 Å². The van der Waals surface area contributed by atoms with Gasteiger partial charge in [0.25, 0.3) is 0 Å². The summed E-state index contributed by atoms with van der Waals surface area (Å²) >= 11 is 0. The second-order valence-corrected chi connectivity index (χ2v) is 4.71. The Bertz CT molecular complexity index is 397. The van der Waals surface area contributed by atoms with Crippen LogP contribution in [-0.4, -0.2) is 31.1 Å². The summed E-state index contributed by atoms with van der Waals surface area (Å²) in [5, 5.41) is 3.22. The lowest BCUT2D eigenvalue weighted by atomic mass is 10.0. The van der Waals surface area contributed by atoms with Gasteiger partial charge in [-0.05, 0) is 50.7 Å². The number of likely N-dealkylation sites (tertiary alicyclic amines) is 1. The molecule has 0 bridgehead atoms. The van der Waals surface area contributed by atoms with E-state index in [-0.39, 0.29) is 12.4 Å². The molecule has 1 fully saturated rings. The molecule has 0 unspecified atom stereocenters. The van der Waals surface area contributed by atoms with E-state index >= 15 is 0 Å². The number of hydrogen-bond donors (Lipinski definition) is 1. The molecule has 1 N–H and O–H groups in total. The molecule has 2 nitrogen and oxygen atoms in total. The van der Waals surface area contributed by atoms with Crippen molar-refractivity contribution in [3.05, 3.63) is 35.1 Å². The van der Waals surface area contributed by atoms with Crippen molar-refractivity contribution in [3.63, 3.8) is 0 Å². The summed E-state index contributed by atoms with van der Waals surface area (Å²) < 4.78 is 38.9. The summed E-state index contributed by atoms with van der Waals surface area (Å²) in [4.78, 5) is 2.12. The summed E-state index contributed by atoms with van der Waals surface area (Å²) in [6.45, 7) is 2.22. The van der Waals surface area contributed by atoms with Crippen LogP contribution in [0.5, 0.6) is 0 Å². The smallest absolute Gasteiger partial charge is 0.194 e. The van der Waals surface area contributed by atoms with Gasteiger partial charge in [-0.25, -0.2) is 13.2 Å². The predicted octanol–water partition coefficient (Wildman–Crippen LogP) is 2.71. The summed E-state index contributed by atoms with van der Waals surface area (Å²) in [5.74, 6) is -3.63. The number of piperidine rings is 1. The van der Waals surface area contributed by atoms with Crippen LogP contribution in [0.2, 0.25) is 0 Å². The van der Waals surface area contributed by atoms with Crippen molar-refractivity contribution in [2.24, 2.45) is 0 Å². The van der Waals surface area contributed by atoms with Crippen molar-refractivity contribution >= 4 is 12.4 Å². The average Bonchev–Trinajstić information content (AvgIpc) is 2.37. The van der Waals surface area contributed by atoms with Crippen molar-refractivity contribution in [2.45, 2.75) is 25.4 Å². The van der Waals surface area contributed by atoms with E-state index in [9.17, 15) is 13.2 Å². The second-order valence-electron chi connectivity index (χ2n) is 4.71. The zero-order chi connectivity index (χ0) is 13.1. The van der Waals surface area contributed by atoms with E-state index in [2.05, 4.69) is 10.2 Å². The molecule has 0 atom stereocenters. The monoisotopic (exact) mass is 294 g/mol. The number of nitrogens with one attached hydrogen (secondary N) is 1. The minimum absolute atomic E-state index is 0. The van der Waals surface area contributed by atoms with E-state index in [0.29, 0.717) is 18.2 Å². The van der Waals surface area contributed by atoms with Gasteiger partial charge >= 0.3 is 0 Å². The Morgan fingerprint density at radius 1 is 1.16 bits per heavy atom. The SMILES string of the molecule is CNC1CCN(Cc2cc(F)c(F)c(F)c2)CC1.Cl. The van der Waals surface area contributed by atoms with Gasteiger partial charge in [-0.2, -0.15) is 0 Å². The molecule has 1 saturated heterocycles. The van der Waals surface area contributed by atoms with Crippen LogP contribution in [0.25, 0.3) is 0 Å². The Balaban J connectivity index is 0.00000180. The van der Waals surface area contributed by atoms with Gasteiger partial charge in [0.05, 0.1) is 0 Å². The number of benzene rings is 1. The topological polar surface area (TPSA) is 15.3 Å². The van der Waals surface area contributed by atoms with E-state index in [1.54, 1.807) is 0 Å². The molecule has 108 valence electrons. The Morgan fingerprint density at radius 3 is 2.16 bits per heavy atom. The maximum atomic E-state index is 13.1. The van der Waals surface area contributed by atoms with Gasteiger partial charge < -0.3 is 5.32 Å². The maximum Gasteiger partial charge on any atom is 0.194 e. The first-order chi connectivity index (χ1) is 8.60. The lowest BCUT2D eigenvalue weighted by Gasteiger charge is -2.31. The molecule has 0 saturated carbocycles. The highest BCUT2D eigenvalue weighted by Crippen LogP contribution is 2.17. The van der Waals surface area contributed by atoms with Gasteiger partial charge in [0.15, 0.2) is 17.5 Å². The molecule has 0 radical (unpaired) electrons. The molecule has 1 aliphatic rings. The summed E-state index contributed by atoms with van der Waals surface area (Å²) in [6, 6.07) is 2.66. The van der Waals surface area contributed by atoms with Crippen LogP contribution >= 0.6 is 12.4 Å². The molecule has 0 aliphatic carbocycles. The fourth-order valence-electron chi connectivity index (χ4n) is 2.34. The fourth-order valence-corrected chi connectivity index (χ4v) is 2.34. The molecule has 6 heteroatoms. The van der Waals surface area contributed by atoms with Crippen LogP contribution < -0.4 is 5.32 Å². The van der Waals surface area contributed by atoms with Gasteiger partial charge in [-0.3, -0.25) is 4.90 Å². The van der Waals surface area contributed by atoms with Gasteiger partial charge in [0, 0.05) is 12.6 Å². The van der Waals surface area contributed by atoms with Crippen LogP contribution in [0.3, 0.4) is 0 Å². The Morgan fingerprint density at radius 2 is 1.68 bits per heavy atom. The van der Waals surface area contributed by atoms with Crippen LogP contribution in [-0.2, 0) is 6.54 Å². The van der Waals surface area contributed by atoms with Crippen molar-refractivity contribution in [3.8, 4) is 0 Å². The van der Waals surface area contributed by atoms with Crippen LogP contribution in [0.1, 0.15) is 18.4 Å². The molecule has 0 amide bonds. The first kappa shape index (κ1) is 16.3. The molecular weight excluding hydrogens is 277 g/mol. The summed E-state index contributed by atoms with van der Waals surface area (Å²) in [7, 11) is 1.94. The van der Waals surface area contributed by atoms with Crippen molar-refractivity contribution in [2.75, 3.05) is 20.1 Å². The largest absolute Gasteiger partial charge is 0.317 e. The van der Waals surface area contributed by atoms with E-state index in [0.717, 1.165) is 38.1 Å². The van der Waals surface area contributed by atoms with Gasteiger partial charge in [0.2, 0.25) is 0 Å². The molecule has 19 heavy (non-hydrogen) atoms. The molecule has 2 rings (SSSR count). The number of rotatable bonds is 3. The first-order valence-corrected chi connectivity index (χ1v) is 6.13. The number of halogens is 4. The Hall–Kier alpha value is -0.780. The third-order valence-corrected chi connectivity index (χ3v) is 3.45. The summed E-state index contributed by atoms with van der Waals surface area (Å²) in [5.41, 5.74) is 0.481. The highest BCUT2D eigenvalue weighted by Gasteiger charge is 2.19. The van der Waals surface area contributed by atoms with Gasteiger partial charge in [0.1, 0.15) is 0 Å². The average molecular weight is 295 g/mol. The molecule has 1 heterocycles. The predicted molar refractivity (Wildman–Crippen MR) is 70.9 cm³/mol. The normalized spacial score (nSPS) is 17.3. The lowest BCUT2D eigenvalue weighted by Crippen LogP contribution is -2.40. The minimum atomic E-state index is -1.40.